The van der Waals surface area contributed by atoms with E-state index in [1.54, 1.807) is 7.11 Å². The van der Waals surface area contributed by atoms with E-state index in [9.17, 15) is 9.59 Å². The van der Waals surface area contributed by atoms with Crippen molar-refractivity contribution in [3.05, 3.63) is 17.8 Å². The van der Waals surface area contributed by atoms with Crippen LogP contribution in [0, 0.1) is 11.8 Å². The van der Waals surface area contributed by atoms with Gasteiger partial charge in [-0.15, -0.1) is 5.10 Å². The average Bonchev–Trinajstić information content (AvgIpc) is 2.78. The number of aromatic nitrogens is 2. The first kappa shape index (κ1) is 21.7. The van der Waals surface area contributed by atoms with E-state index in [0.29, 0.717) is 24.0 Å². The summed E-state index contributed by atoms with van der Waals surface area (Å²) in [4.78, 5) is 24.8. The molecule has 0 atom stereocenters. The number of Topliss-reactive ketones (excluding diaryl/α,β-unsaturated/α-hetero) is 1. The number of esters is 1. The lowest BCUT2D eigenvalue weighted by Crippen LogP contribution is -2.31. The van der Waals surface area contributed by atoms with Crippen molar-refractivity contribution in [2.24, 2.45) is 11.8 Å². The van der Waals surface area contributed by atoms with Gasteiger partial charge in [0.1, 0.15) is 11.9 Å². The van der Waals surface area contributed by atoms with Crippen LogP contribution in [0.1, 0.15) is 89.2 Å². The molecule has 160 valence electrons. The predicted molar refractivity (Wildman–Crippen MR) is 110 cm³/mol. The summed E-state index contributed by atoms with van der Waals surface area (Å²) in [5, 5.41) is 8.32. The number of hydrogen-bond donors (Lipinski definition) is 0. The number of nitrogens with zero attached hydrogens (tertiary/aromatic N) is 2. The van der Waals surface area contributed by atoms with E-state index in [2.05, 4.69) is 17.1 Å². The van der Waals surface area contributed by atoms with E-state index in [-0.39, 0.29) is 23.9 Å². The third-order valence-electron chi connectivity index (χ3n) is 6.54. The van der Waals surface area contributed by atoms with Crippen molar-refractivity contribution in [1.82, 2.24) is 10.2 Å². The zero-order chi connectivity index (χ0) is 20.6. The van der Waals surface area contributed by atoms with Gasteiger partial charge >= 0.3 is 5.97 Å². The van der Waals surface area contributed by atoms with Crippen molar-refractivity contribution >= 4 is 11.8 Å². The number of methoxy groups -OCH3 is 1. The fraction of sp³-hybridized carbons (Fsp3) is 0.739. The quantitative estimate of drug-likeness (QED) is 0.590. The zero-order valence-corrected chi connectivity index (χ0v) is 17.8. The summed E-state index contributed by atoms with van der Waals surface area (Å²) in [7, 11) is 1.58. The van der Waals surface area contributed by atoms with Crippen LogP contribution in [0.25, 0.3) is 0 Å². The lowest BCUT2D eigenvalue weighted by molar-refractivity contribution is -0.157. The van der Waals surface area contributed by atoms with E-state index in [4.69, 9.17) is 9.47 Å². The molecule has 0 aromatic carbocycles. The fourth-order valence-corrected chi connectivity index (χ4v) is 4.60. The van der Waals surface area contributed by atoms with E-state index >= 15 is 0 Å². The van der Waals surface area contributed by atoms with Gasteiger partial charge < -0.3 is 9.47 Å². The molecule has 0 N–H and O–H groups in total. The molecule has 2 aliphatic carbocycles. The second-order valence-electron chi connectivity index (χ2n) is 8.53. The summed E-state index contributed by atoms with van der Waals surface area (Å²) in [6.45, 7) is 2.11. The number of hydrogen-bond acceptors (Lipinski definition) is 6. The molecular weight excluding hydrogens is 368 g/mol. The summed E-state index contributed by atoms with van der Waals surface area (Å²) >= 11 is 0. The van der Waals surface area contributed by atoms with E-state index < -0.39 is 0 Å². The smallest absolute Gasteiger partial charge is 0.309 e. The molecule has 1 heterocycles. The minimum atomic E-state index is -0.0582. The Morgan fingerprint density at radius 1 is 0.966 bits per heavy atom. The molecule has 0 aliphatic heterocycles. The Morgan fingerprint density at radius 3 is 2.24 bits per heavy atom. The number of ether oxygens (including phenoxy) is 2. The molecule has 0 spiro atoms. The maximum atomic E-state index is 12.6. The summed E-state index contributed by atoms with van der Waals surface area (Å²) in [6, 6.07) is 3.82. The Labute approximate surface area is 173 Å². The lowest BCUT2D eigenvalue weighted by atomic mass is 9.79. The maximum Gasteiger partial charge on any atom is 0.309 e. The summed E-state index contributed by atoms with van der Waals surface area (Å²) in [5.41, 5.74) is 0.988. The predicted octanol–water partition coefficient (Wildman–Crippen LogP) is 4.62. The van der Waals surface area contributed by atoms with Gasteiger partial charge in [0, 0.05) is 24.3 Å². The molecule has 2 saturated carbocycles. The standard InChI is InChI=1S/C23H34N2O4/c1-3-4-5-21(26)17-6-8-18(9-7-17)23(27)29-19-12-10-16(11-13-19)20-14-15-22(28-2)25-24-20/h14-19H,3-13H2,1-2H3. The molecule has 1 aromatic heterocycles. The summed E-state index contributed by atoms with van der Waals surface area (Å²) in [5.74, 6) is 1.35. The zero-order valence-electron chi connectivity index (χ0n) is 17.8. The Hall–Kier alpha value is -1.98. The van der Waals surface area contributed by atoms with Crippen molar-refractivity contribution in [1.29, 1.82) is 0 Å². The van der Waals surface area contributed by atoms with Gasteiger partial charge in [-0.3, -0.25) is 9.59 Å². The SMILES string of the molecule is CCCCC(=O)C1CCC(C(=O)OC2CCC(c3ccc(OC)nn3)CC2)CC1. The summed E-state index contributed by atoms with van der Waals surface area (Å²) < 4.78 is 10.9. The van der Waals surface area contributed by atoms with Crippen LogP contribution >= 0.6 is 0 Å². The summed E-state index contributed by atoms with van der Waals surface area (Å²) in [6.07, 6.45) is 9.64. The number of ketones is 1. The highest BCUT2D eigenvalue weighted by atomic mass is 16.5. The molecule has 6 heteroatoms. The minimum Gasteiger partial charge on any atom is -0.480 e. The third kappa shape index (κ3) is 6.00. The van der Waals surface area contributed by atoms with Crippen molar-refractivity contribution in [3.63, 3.8) is 0 Å². The van der Waals surface area contributed by atoms with Gasteiger partial charge in [-0.05, 0) is 63.9 Å². The molecule has 0 saturated heterocycles. The lowest BCUT2D eigenvalue weighted by Gasteiger charge is -2.31. The fourth-order valence-electron chi connectivity index (χ4n) is 4.60. The monoisotopic (exact) mass is 402 g/mol. The van der Waals surface area contributed by atoms with Gasteiger partial charge in [0.25, 0.3) is 0 Å². The number of carbonyl (C=O) groups is 2. The van der Waals surface area contributed by atoms with Crippen LogP contribution in [0.4, 0.5) is 0 Å². The molecule has 0 unspecified atom stereocenters. The Balaban J connectivity index is 1.39. The number of rotatable bonds is 8. The minimum absolute atomic E-state index is 0.00821. The molecule has 3 rings (SSSR count). The highest BCUT2D eigenvalue weighted by Crippen LogP contribution is 2.35. The largest absolute Gasteiger partial charge is 0.480 e. The van der Waals surface area contributed by atoms with Gasteiger partial charge in [0.05, 0.1) is 18.7 Å². The highest BCUT2D eigenvalue weighted by molar-refractivity contribution is 5.81. The van der Waals surface area contributed by atoms with Crippen LogP contribution in [0.3, 0.4) is 0 Å². The van der Waals surface area contributed by atoms with Crippen molar-refractivity contribution in [3.8, 4) is 5.88 Å². The molecule has 0 radical (unpaired) electrons. The van der Waals surface area contributed by atoms with Gasteiger partial charge in [-0.1, -0.05) is 13.3 Å². The first-order chi connectivity index (χ1) is 14.1. The normalized spacial score (nSPS) is 27.2. The highest BCUT2D eigenvalue weighted by Gasteiger charge is 2.33. The van der Waals surface area contributed by atoms with Crippen LogP contribution in [0.15, 0.2) is 12.1 Å². The molecule has 0 amide bonds. The Bertz CT molecular complexity index is 660. The van der Waals surface area contributed by atoms with Crippen molar-refractivity contribution < 1.29 is 19.1 Å². The van der Waals surface area contributed by atoms with Crippen LogP contribution in [0.2, 0.25) is 0 Å². The second-order valence-corrected chi connectivity index (χ2v) is 8.53. The second kappa shape index (κ2) is 10.7. The van der Waals surface area contributed by atoms with Crippen LogP contribution < -0.4 is 4.74 Å². The van der Waals surface area contributed by atoms with Crippen LogP contribution in [0.5, 0.6) is 5.88 Å². The molecule has 6 nitrogen and oxygen atoms in total. The van der Waals surface area contributed by atoms with Crippen LogP contribution in [-0.2, 0) is 14.3 Å². The van der Waals surface area contributed by atoms with Gasteiger partial charge in [-0.2, -0.15) is 5.10 Å². The van der Waals surface area contributed by atoms with Gasteiger partial charge in [-0.25, -0.2) is 0 Å². The Morgan fingerprint density at radius 2 is 1.66 bits per heavy atom. The molecule has 2 fully saturated rings. The maximum absolute atomic E-state index is 12.6. The van der Waals surface area contributed by atoms with E-state index in [1.807, 2.05) is 12.1 Å². The molecule has 29 heavy (non-hydrogen) atoms. The number of carbonyl (C=O) groups excluding carboxylic acids is 2. The van der Waals surface area contributed by atoms with Gasteiger partial charge in [0.2, 0.25) is 5.88 Å². The van der Waals surface area contributed by atoms with Gasteiger partial charge in [0.15, 0.2) is 0 Å². The molecule has 1 aromatic rings. The van der Waals surface area contributed by atoms with E-state index in [0.717, 1.165) is 69.9 Å². The average molecular weight is 403 g/mol. The Kier molecular flexibility index (Phi) is 8.01. The topological polar surface area (TPSA) is 78.4 Å². The molecule has 2 aliphatic rings. The molecule has 0 bridgehead atoms. The first-order valence-corrected chi connectivity index (χ1v) is 11.2. The third-order valence-corrected chi connectivity index (χ3v) is 6.54. The van der Waals surface area contributed by atoms with E-state index in [1.165, 1.54) is 0 Å². The van der Waals surface area contributed by atoms with Crippen molar-refractivity contribution in [2.45, 2.75) is 89.6 Å². The first-order valence-electron chi connectivity index (χ1n) is 11.2. The van der Waals surface area contributed by atoms with Crippen molar-refractivity contribution in [2.75, 3.05) is 7.11 Å². The van der Waals surface area contributed by atoms with Crippen LogP contribution in [-0.4, -0.2) is 35.2 Å². The number of unbranched alkanes of at least 4 members (excludes halogenated alkanes) is 1. The molecular formula is C23H34N2O4.